The Morgan fingerprint density at radius 3 is 2.95 bits per heavy atom. The Bertz CT molecular complexity index is 504. The minimum Gasteiger partial charge on any atom is -0.375 e. The molecule has 1 aliphatic heterocycles. The molecule has 1 heterocycles. The zero-order valence-electron chi connectivity index (χ0n) is 12.5. The van der Waals surface area contributed by atoms with Gasteiger partial charge in [0.05, 0.1) is 5.60 Å². The summed E-state index contributed by atoms with van der Waals surface area (Å²) in [6.45, 7) is 4.01. The van der Waals surface area contributed by atoms with E-state index in [0.29, 0.717) is 12.0 Å². The SMILES string of the molecule is CCNC(c1cc(Br)ccc1Cl)C1CCOC2(CCC2)C1. The van der Waals surface area contributed by atoms with Crippen molar-refractivity contribution in [2.24, 2.45) is 5.92 Å². The van der Waals surface area contributed by atoms with E-state index in [9.17, 15) is 0 Å². The average Bonchev–Trinajstić information content (AvgIpc) is 2.46. The first kappa shape index (κ1) is 15.8. The third-order valence-corrected chi connectivity index (χ3v) is 5.82. The first-order chi connectivity index (χ1) is 10.1. The maximum atomic E-state index is 6.47. The van der Waals surface area contributed by atoms with Gasteiger partial charge in [0, 0.05) is 22.1 Å². The Hall–Kier alpha value is -0.0900. The highest BCUT2D eigenvalue weighted by molar-refractivity contribution is 9.10. The Labute approximate surface area is 140 Å². The van der Waals surface area contributed by atoms with Gasteiger partial charge in [-0.15, -0.1) is 0 Å². The van der Waals surface area contributed by atoms with Gasteiger partial charge in [0.15, 0.2) is 0 Å². The van der Waals surface area contributed by atoms with E-state index in [2.05, 4.69) is 34.2 Å². The number of halogens is 2. The Kier molecular flexibility index (Phi) is 4.94. The fourth-order valence-corrected chi connectivity index (χ4v) is 4.39. The largest absolute Gasteiger partial charge is 0.375 e. The van der Waals surface area contributed by atoms with Crippen molar-refractivity contribution >= 4 is 27.5 Å². The van der Waals surface area contributed by atoms with Crippen molar-refractivity contribution in [1.29, 1.82) is 0 Å². The van der Waals surface area contributed by atoms with Gasteiger partial charge in [-0.25, -0.2) is 0 Å². The molecule has 1 aromatic carbocycles. The molecule has 1 saturated heterocycles. The smallest absolute Gasteiger partial charge is 0.0686 e. The maximum absolute atomic E-state index is 6.47. The molecule has 0 radical (unpaired) electrons. The quantitative estimate of drug-likeness (QED) is 0.793. The predicted octanol–water partition coefficient (Wildman–Crippen LogP) is 5.10. The zero-order chi connectivity index (χ0) is 14.9. The summed E-state index contributed by atoms with van der Waals surface area (Å²) >= 11 is 10.0. The summed E-state index contributed by atoms with van der Waals surface area (Å²) in [5.41, 5.74) is 1.39. The standard InChI is InChI=1S/C17H23BrClNO/c1-2-20-16(14-10-13(18)4-5-15(14)19)12-6-9-21-17(11-12)7-3-8-17/h4-5,10,12,16,20H,2-3,6-9,11H2,1H3. The monoisotopic (exact) mass is 371 g/mol. The van der Waals surface area contributed by atoms with E-state index in [1.807, 2.05) is 12.1 Å². The van der Waals surface area contributed by atoms with E-state index in [0.717, 1.165) is 35.5 Å². The molecule has 3 rings (SSSR count). The van der Waals surface area contributed by atoms with Gasteiger partial charge < -0.3 is 10.1 Å². The molecule has 2 nitrogen and oxygen atoms in total. The lowest BCUT2D eigenvalue weighted by atomic mass is 9.69. The van der Waals surface area contributed by atoms with Gasteiger partial charge in [-0.3, -0.25) is 0 Å². The summed E-state index contributed by atoms with van der Waals surface area (Å²) in [6, 6.07) is 6.48. The van der Waals surface area contributed by atoms with Gasteiger partial charge in [-0.1, -0.05) is 34.5 Å². The second kappa shape index (κ2) is 6.57. The van der Waals surface area contributed by atoms with Crippen LogP contribution in [0.4, 0.5) is 0 Å². The Morgan fingerprint density at radius 2 is 2.29 bits per heavy atom. The number of hydrogen-bond acceptors (Lipinski definition) is 2. The van der Waals surface area contributed by atoms with Crippen LogP contribution in [0.5, 0.6) is 0 Å². The minimum atomic E-state index is 0.176. The molecule has 21 heavy (non-hydrogen) atoms. The topological polar surface area (TPSA) is 21.3 Å². The Morgan fingerprint density at radius 1 is 1.48 bits per heavy atom. The van der Waals surface area contributed by atoms with Crippen molar-refractivity contribution in [3.8, 4) is 0 Å². The van der Waals surface area contributed by atoms with E-state index in [4.69, 9.17) is 16.3 Å². The molecular formula is C17H23BrClNO. The summed E-state index contributed by atoms with van der Waals surface area (Å²) in [4.78, 5) is 0. The van der Waals surface area contributed by atoms with Crippen LogP contribution in [-0.4, -0.2) is 18.8 Å². The normalized spacial score (nSPS) is 25.6. The molecule has 0 aromatic heterocycles. The molecular weight excluding hydrogens is 350 g/mol. The lowest BCUT2D eigenvalue weighted by Crippen LogP contribution is -2.48. The van der Waals surface area contributed by atoms with Gasteiger partial charge in [-0.05, 0) is 68.3 Å². The van der Waals surface area contributed by atoms with Crippen LogP contribution >= 0.6 is 27.5 Å². The first-order valence-electron chi connectivity index (χ1n) is 7.96. The van der Waals surface area contributed by atoms with Crippen molar-refractivity contribution in [2.75, 3.05) is 13.2 Å². The molecule has 2 atom stereocenters. The van der Waals surface area contributed by atoms with Crippen LogP contribution in [0.1, 0.15) is 50.6 Å². The summed E-state index contributed by atoms with van der Waals surface area (Å²) in [5.74, 6) is 0.603. The van der Waals surface area contributed by atoms with Crippen molar-refractivity contribution < 1.29 is 4.74 Å². The molecule has 1 spiro atoms. The summed E-state index contributed by atoms with van der Waals surface area (Å²) < 4.78 is 7.17. The fraction of sp³-hybridized carbons (Fsp3) is 0.647. The molecule has 0 bridgehead atoms. The number of hydrogen-bond donors (Lipinski definition) is 1. The molecule has 0 amide bonds. The highest BCUT2D eigenvalue weighted by Gasteiger charge is 2.44. The van der Waals surface area contributed by atoms with E-state index in [1.165, 1.54) is 24.8 Å². The van der Waals surface area contributed by atoms with Crippen molar-refractivity contribution in [2.45, 2.75) is 50.7 Å². The molecule has 2 aliphatic rings. The van der Waals surface area contributed by atoms with Crippen molar-refractivity contribution in [1.82, 2.24) is 5.32 Å². The van der Waals surface area contributed by atoms with Crippen LogP contribution in [0.15, 0.2) is 22.7 Å². The summed E-state index contributed by atoms with van der Waals surface area (Å²) in [7, 11) is 0. The number of benzene rings is 1. The molecule has 2 fully saturated rings. The predicted molar refractivity (Wildman–Crippen MR) is 90.8 cm³/mol. The molecule has 1 N–H and O–H groups in total. The highest BCUT2D eigenvalue weighted by Crippen LogP contribution is 2.47. The first-order valence-corrected chi connectivity index (χ1v) is 9.13. The highest BCUT2D eigenvalue weighted by atomic mass is 79.9. The molecule has 1 aliphatic carbocycles. The average molecular weight is 373 g/mol. The van der Waals surface area contributed by atoms with Gasteiger partial charge in [0.2, 0.25) is 0 Å². The maximum Gasteiger partial charge on any atom is 0.0686 e. The molecule has 116 valence electrons. The van der Waals surface area contributed by atoms with Crippen LogP contribution in [0.2, 0.25) is 5.02 Å². The summed E-state index contributed by atoms with van der Waals surface area (Å²) in [6.07, 6.45) is 6.05. The van der Waals surface area contributed by atoms with Crippen molar-refractivity contribution in [3.63, 3.8) is 0 Å². The van der Waals surface area contributed by atoms with E-state index >= 15 is 0 Å². The van der Waals surface area contributed by atoms with Crippen LogP contribution < -0.4 is 5.32 Å². The zero-order valence-corrected chi connectivity index (χ0v) is 14.8. The van der Waals surface area contributed by atoms with E-state index < -0.39 is 0 Å². The fourth-order valence-electron chi connectivity index (χ4n) is 3.77. The van der Waals surface area contributed by atoms with Gasteiger partial charge in [0.1, 0.15) is 0 Å². The minimum absolute atomic E-state index is 0.176. The van der Waals surface area contributed by atoms with Gasteiger partial charge in [0.25, 0.3) is 0 Å². The van der Waals surface area contributed by atoms with E-state index in [1.54, 1.807) is 0 Å². The number of ether oxygens (including phenoxy) is 1. The van der Waals surface area contributed by atoms with Gasteiger partial charge >= 0.3 is 0 Å². The van der Waals surface area contributed by atoms with Crippen LogP contribution in [0.3, 0.4) is 0 Å². The van der Waals surface area contributed by atoms with Crippen LogP contribution in [-0.2, 0) is 4.74 Å². The lowest BCUT2D eigenvalue weighted by molar-refractivity contribution is -0.147. The third-order valence-electron chi connectivity index (χ3n) is 4.98. The molecule has 4 heteroatoms. The Balaban J connectivity index is 1.84. The summed E-state index contributed by atoms with van der Waals surface area (Å²) in [5, 5.41) is 4.52. The molecule has 1 aromatic rings. The van der Waals surface area contributed by atoms with Gasteiger partial charge in [-0.2, -0.15) is 0 Å². The number of nitrogens with one attached hydrogen (secondary N) is 1. The third kappa shape index (κ3) is 3.31. The molecule has 2 unspecified atom stereocenters. The van der Waals surface area contributed by atoms with Crippen LogP contribution in [0.25, 0.3) is 0 Å². The second-order valence-corrected chi connectivity index (χ2v) is 7.66. The number of rotatable bonds is 4. The van der Waals surface area contributed by atoms with Crippen molar-refractivity contribution in [3.05, 3.63) is 33.3 Å². The molecule has 1 saturated carbocycles. The second-order valence-electron chi connectivity index (χ2n) is 6.34. The lowest BCUT2D eigenvalue weighted by Gasteiger charge is -2.49. The van der Waals surface area contributed by atoms with Crippen LogP contribution in [0, 0.1) is 5.92 Å². The van der Waals surface area contributed by atoms with E-state index in [-0.39, 0.29) is 5.60 Å².